The number of anilines is 1. The average Bonchev–Trinajstić information content (AvgIpc) is 3.04. The molecule has 2 aromatic heterocycles. The van der Waals surface area contributed by atoms with Crippen LogP contribution >= 0.6 is 15.9 Å². The number of rotatable bonds is 4. The number of hydrogen-bond acceptors (Lipinski definition) is 3. The SMILES string of the molecule is CCc1nc2n(CC(=O)Nc3ccc(C(F)(F)F)cc3)c3ccccc3n2c(=O)c1Br. The first kappa shape index (κ1) is 21.1. The Morgan fingerprint density at radius 2 is 1.74 bits per heavy atom. The summed E-state index contributed by atoms with van der Waals surface area (Å²) in [7, 11) is 0. The molecule has 0 atom stereocenters. The molecule has 31 heavy (non-hydrogen) atoms. The number of para-hydroxylation sites is 2. The van der Waals surface area contributed by atoms with E-state index in [4.69, 9.17) is 0 Å². The summed E-state index contributed by atoms with van der Waals surface area (Å²) in [5.74, 6) is -0.146. The highest BCUT2D eigenvalue weighted by molar-refractivity contribution is 9.10. The largest absolute Gasteiger partial charge is 0.416 e. The fraction of sp³-hybridized carbons (Fsp3) is 0.190. The molecule has 160 valence electrons. The molecule has 1 N–H and O–H groups in total. The van der Waals surface area contributed by atoms with E-state index < -0.39 is 17.6 Å². The molecule has 0 saturated carbocycles. The number of nitrogens with one attached hydrogen (secondary N) is 1. The van der Waals surface area contributed by atoms with E-state index in [0.717, 1.165) is 12.1 Å². The quantitative estimate of drug-likeness (QED) is 0.451. The molecule has 10 heteroatoms. The Morgan fingerprint density at radius 1 is 1.10 bits per heavy atom. The number of nitrogens with zero attached hydrogens (tertiary/aromatic N) is 3. The van der Waals surface area contributed by atoms with Gasteiger partial charge < -0.3 is 9.88 Å². The minimum absolute atomic E-state index is 0.171. The highest BCUT2D eigenvalue weighted by Crippen LogP contribution is 2.30. The molecule has 0 spiro atoms. The number of aromatic nitrogens is 3. The van der Waals surface area contributed by atoms with Gasteiger partial charge in [0.2, 0.25) is 11.7 Å². The summed E-state index contributed by atoms with van der Waals surface area (Å²) in [6, 6.07) is 11.3. The number of aryl methyl sites for hydroxylation is 1. The Labute approximate surface area is 182 Å². The molecule has 0 bridgehead atoms. The number of hydrogen-bond donors (Lipinski definition) is 1. The van der Waals surface area contributed by atoms with Gasteiger partial charge in [0, 0.05) is 5.69 Å². The van der Waals surface area contributed by atoms with Crippen LogP contribution in [0.2, 0.25) is 0 Å². The summed E-state index contributed by atoms with van der Waals surface area (Å²) in [4.78, 5) is 30.1. The maximum Gasteiger partial charge on any atom is 0.416 e. The third-order valence-corrected chi connectivity index (χ3v) is 5.66. The Morgan fingerprint density at radius 3 is 2.35 bits per heavy atom. The van der Waals surface area contributed by atoms with E-state index in [1.165, 1.54) is 16.5 Å². The van der Waals surface area contributed by atoms with Gasteiger partial charge in [-0.2, -0.15) is 13.2 Å². The smallest absolute Gasteiger partial charge is 0.325 e. The van der Waals surface area contributed by atoms with Crippen LogP contribution in [0.15, 0.2) is 57.8 Å². The van der Waals surface area contributed by atoms with Crippen LogP contribution in [0.1, 0.15) is 18.2 Å². The summed E-state index contributed by atoms with van der Waals surface area (Å²) in [6.45, 7) is 1.70. The number of halogens is 4. The molecule has 0 aliphatic rings. The number of carbonyl (C=O) groups excluding carboxylic acids is 1. The lowest BCUT2D eigenvalue weighted by molar-refractivity contribution is -0.137. The van der Waals surface area contributed by atoms with Gasteiger partial charge in [-0.15, -0.1) is 0 Å². The topological polar surface area (TPSA) is 68.4 Å². The van der Waals surface area contributed by atoms with E-state index in [1.54, 1.807) is 28.8 Å². The molecule has 0 radical (unpaired) electrons. The van der Waals surface area contributed by atoms with Crippen LogP contribution in [-0.4, -0.2) is 19.9 Å². The third-order valence-electron chi connectivity index (χ3n) is 4.87. The maximum absolute atomic E-state index is 12.9. The van der Waals surface area contributed by atoms with Crippen molar-refractivity contribution in [3.05, 3.63) is 74.6 Å². The second kappa shape index (κ2) is 7.84. The van der Waals surface area contributed by atoms with E-state index in [0.29, 0.717) is 33.4 Å². The van der Waals surface area contributed by atoms with Crippen LogP contribution in [0, 0.1) is 0 Å². The number of benzene rings is 2. The Balaban J connectivity index is 1.73. The van der Waals surface area contributed by atoms with E-state index >= 15 is 0 Å². The molecule has 0 saturated heterocycles. The first-order valence-electron chi connectivity index (χ1n) is 9.36. The van der Waals surface area contributed by atoms with Gasteiger partial charge in [-0.25, -0.2) is 9.38 Å². The van der Waals surface area contributed by atoms with Crippen molar-refractivity contribution in [3.63, 3.8) is 0 Å². The second-order valence-electron chi connectivity index (χ2n) is 6.86. The van der Waals surface area contributed by atoms with Gasteiger partial charge in [0.15, 0.2) is 0 Å². The van der Waals surface area contributed by atoms with Gasteiger partial charge in [0.1, 0.15) is 11.0 Å². The fourth-order valence-corrected chi connectivity index (χ4v) is 3.94. The Hall–Kier alpha value is -3.14. The van der Waals surface area contributed by atoms with Gasteiger partial charge in [-0.05, 0) is 58.7 Å². The molecule has 2 heterocycles. The van der Waals surface area contributed by atoms with Crippen molar-refractivity contribution in [2.45, 2.75) is 26.1 Å². The number of alkyl halides is 3. The zero-order valence-electron chi connectivity index (χ0n) is 16.2. The van der Waals surface area contributed by atoms with Crippen molar-refractivity contribution in [2.75, 3.05) is 5.32 Å². The number of amides is 1. The molecule has 1 amide bonds. The van der Waals surface area contributed by atoms with Crippen molar-refractivity contribution >= 4 is 44.3 Å². The summed E-state index contributed by atoms with van der Waals surface area (Å²) >= 11 is 3.31. The van der Waals surface area contributed by atoms with Crippen LogP contribution in [0.4, 0.5) is 18.9 Å². The van der Waals surface area contributed by atoms with E-state index in [9.17, 15) is 22.8 Å². The van der Waals surface area contributed by atoms with E-state index in [-0.39, 0.29) is 17.8 Å². The molecular weight excluding hydrogens is 477 g/mol. The van der Waals surface area contributed by atoms with Crippen LogP contribution in [0.5, 0.6) is 0 Å². The van der Waals surface area contributed by atoms with Crippen molar-refractivity contribution in [1.82, 2.24) is 14.0 Å². The van der Waals surface area contributed by atoms with Crippen molar-refractivity contribution in [1.29, 1.82) is 0 Å². The summed E-state index contributed by atoms with van der Waals surface area (Å²) in [5.41, 5.74) is 0.961. The molecular formula is C21H16BrF3N4O2. The summed E-state index contributed by atoms with van der Waals surface area (Å²) in [5, 5.41) is 2.59. The lowest BCUT2D eigenvalue weighted by Gasteiger charge is -2.10. The molecule has 4 aromatic rings. The predicted octanol–water partition coefficient (Wildman–Crippen LogP) is 4.63. The zero-order valence-corrected chi connectivity index (χ0v) is 17.8. The highest BCUT2D eigenvalue weighted by atomic mass is 79.9. The molecule has 0 unspecified atom stereocenters. The minimum Gasteiger partial charge on any atom is -0.325 e. The van der Waals surface area contributed by atoms with Gasteiger partial charge in [-0.3, -0.25) is 9.59 Å². The first-order valence-corrected chi connectivity index (χ1v) is 10.2. The second-order valence-corrected chi connectivity index (χ2v) is 7.66. The van der Waals surface area contributed by atoms with E-state index in [1.807, 2.05) is 6.92 Å². The van der Waals surface area contributed by atoms with Crippen molar-refractivity contribution in [2.24, 2.45) is 0 Å². The monoisotopic (exact) mass is 492 g/mol. The van der Waals surface area contributed by atoms with Crippen LogP contribution in [0.3, 0.4) is 0 Å². The van der Waals surface area contributed by atoms with Gasteiger partial charge in [-0.1, -0.05) is 19.1 Å². The first-order chi connectivity index (χ1) is 14.7. The fourth-order valence-electron chi connectivity index (χ4n) is 3.40. The molecule has 0 aliphatic carbocycles. The lowest BCUT2D eigenvalue weighted by atomic mass is 10.2. The van der Waals surface area contributed by atoms with Crippen molar-refractivity contribution in [3.8, 4) is 0 Å². The van der Waals surface area contributed by atoms with Crippen LogP contribution < -0.4 is 10.9 Å². The molecule has 4 rings (SSSR count). The summed E-state index contributed by atoms with van der Waals surface area (Å²) in [6.07, 6.45) is -3.93. The Kier molecular flexibility index (Phi) is 5.34. The number of imidazole rings is 1. The minimum atomic E-state index is -4.45. The zero-order chi connectivity index (χ0) is 22.3. The number of carbonyl (C=O) groups is 1. The van der Waals surface area contributed by atoms with Gasteiger partial charge >= 0.3 is 6.18 Å². The standard InChI is InChI=1S/C21H16BrF3N4O2/c1-2-14-18(22)19(31)29-16-6-4-3-5-15(16)28(20(29)27-14)11-17(30)26-13-9-7-12(8-10-13)21(23,24)25/h3-10H,2,11H2,1H3,(H,26,30). The molecule has 0 fully saturated rings. The molecule has 2 aromatic carbocycles. The average molecular weight is 493 g/mol. The molecule has 6 nitrogen and oxygen atoms in total. The third kappa shape index (κ3) is 3.83. The summed E-state index contributed by atoms with van der Waals surface area (Å²) < 4.78 is 41.6. The molecule has 0 aliphatic heterocycles. The van der Waals surface area contributed by atoms with Gasteiger partial charge in [0.25, 0.3) is 5.56 Å². The lowest BCUT2D eigenvalue weighted by Crippen LogP contribution is -2.22. The van der Waals surface area contributed by atoms with E-state index in [2.05, 4.69) is 26.2 Å². The van der Waals surface area contributed by atoms with Crippen molar-refractivity contribution < 1.29 is 18.0 Å². The van der Waals surface area contributed by atoms with Crippen LogP contribution in [0.25, 0.3) is 16.8 Å². The normalized spacial score (nSPS) is 11.9. The van der Waals surface area contributed by atoms with Gasteiger partial charge in [0.05, 0.1) is 22.3 Å². The maximum atomic E-state index is 12.9. The number of fused-ring (bicyclic) bond motifs is 3. The predicted molar refractivity (Wildman–Crippen MR) is 114 cm³/mol. The highest BCUT2D eigenvalue weighted by Gasteiger charge is 2.30. The Bertz CT molecular complexity index is 1360. The van der Waals surface area contributed by atoms with Crippen LogP contribution in [-0.2, 0) is 23.9 Å².